The number of hydrogen-bond donors (Lipinski definition) is 0. The Labute approximate surface area is 176 Å². The molecular weight excluding hydrogens is 381 g/mol. The molecule has 3 aliphatic rings. The Hall–Kier alpha value is -2.25. The molecule has 5 rings (SSSR count). The highest BCUT2D eigenvalue weighted by Gasteiger charge is 2.48. The van der Waals surface area contributed by atoms with Crippen molar-refractivity contribution in [2.45, 2.75) is 25.3 Å². The van der Waals surface area contributed by atoms with Crippen LogP contribution in [0.3, 0.4) is 0 Å². The maximum Gasteiger partial charge on any atom is 0.250 e. The summed E-state index contributed by atoms with van der Waals surface area (Å²) < 4.78 is 15.6. The first-order chi connectivity index (χ1) is 14.4. The lowest BCUT2D eigenvalue weighted by Crippen LogP contribution is -2.54. The van der Waals surface area contributed by atoms with Gasteiger partial charge in [0.05, 0.1) is 17.6 Å². The molecule has 1 atom stereocenters. The largest absolute Gasteiger partial charge is 0.367 e. The van der Waals surface area contributed by atoms with Crippen molar-refractivity contribution in [3.63, 3.8) is 0 Å². The fraction of sp³-hybridized carbons (Fsp3) is 0.565. The third-order valence-electron chi connectivity index (χ3n) is 7.27. The van der Waals surface area contributed by atoms with E-state index in [2.05, 4.69) is 26.7 Å². The summed E-state index contributed by atoms with van der Waals surface area (Å²) in [4.78, 5) is 23.7. The minimum Gasteiger partial charge on any atom is -0.367 e. The molecule has 0 amide bonds. The normalized spacial score (nSPS) is 24.4. The molecule has 6 nitrogen and oxygen atoms in total. The van der Waals surface area contributed by atoms with Crippen LogP contribution in [0.15, 0.2) is 35.4 Å². The molecular formula is C23H30FN5O. The number of aryl methyl sites for hydroxylation is 1. The Balaban J connectivity index is 1.31. The first-order valence-electron chi connectivity index (χ1n) is 10.9. The van der Waals surface area contributed by atoms with Gasteiger partial charge in [0.25, 0.3) is 5.56 Å². The third kappa shape index (κ3) is 3.54. The number of aromatic nitrogens is 2. The number of likely N-dealkylation sites (tertiary alicyclic amines) is 1. The topological polar surface area (TPSA) is 44.6 Å². The van der Waals surface area contributed by atoms with Gasteiger partial charge in [0.2, 0.25) is 0 Å². The van der Waals surface area contributed by atoms with Crippen LogP contribution in [0.1, 0.15) is 19.3 Å². The van der Waals surface area contributed by atoms with E-state index in [0.29, 0.717) is 17.2 Å². The van der Waals surface area contributed by atoms with E-state index in [1.807, 2.05) is 6.07 Å². The number of pyridine rings is 2. The monoisotopic (exact) mass is 411 g/mol. The summed E-state index contributed by atoms with van der Waals surface area (Å²) in [5.74, 6) is -0.341. The van der Waals surface area contributed by atoms with Gasteiger partial charge in [0.15, 0.2) is 0 Å². The summed E-state index contributed by atoms with van der Waals surface area (Å²) >= 11 is 0. The Kier molecular flexibility index (Phi) is 4.90. The Morgan fingerprint density at radius 3 is 2.60 bits per heavy atom. The van der Waals surface area contributed by atoms with Crippen LogP contribution in [0.2, 0.25) is 0 Å². The second kappa shape index (κ2) is 7.46. The zero-order valence-electron chi connectivity index (χ0n) is 17.9. The lowest BCUT2D eigenvalue weighted by Gasteiger charge is -2.47. The van der Waals surface area contributed by atoms with Crippen molar-refractivity contribution in [1.29, 1.82) is 0 Å². The molecule has 1 aliphatic carbocycles. The Morgan fingerprint density at radius 1 is 1.13 bits per heavy atom. The average Bonchev–Trinajstić information content (AvgIpc) is 3.15. The summed E-state index contributed by atoms with van der Waals surface area (Å²) in [6, 6.07) is 5.69. The van der Waals surface area contributed by atoms with Crippen molar-refractivity contribution in [2.24, 2.45) is 12.5 Å². The minimum atomic E-state index is -0.341. The van der Waals surface area contributed by atoms with Crippen molar-refractivity contribution in [2.75, 3.05) is 51.2 Å². The fourth-order valence-corrected chi connectivity index (χ4v) is 5.79. The molecule has 2 saturated heterocycles. The first kappa shape index (κ1) is 19.7. The van der Waals surface area contributed by atoms with Gasteiger partial charge in [-0.05, 0) is 37.8 Å². The first-order valence-corrected chi connectivity index (χ1v) is 10.9. The van der Waals surface area contributed by atoms with Crippen LogP contribution >= 0.6 is 0 Å². The molecule has 0 N–H and O–H groups in total. The molecule has 0 radical (unpaired) electrons. The van der Waals surface area contributed by atoms with E-state index in [0.717, 1.165) is 37.4 Å². The fourth-order valence-electron chi connectivity index (χ4n) is 5.79. The minimum absolute atomic E-state index is 0.0915. The molecule has 30 heavy (non-hydrogen) atoms. The highest BCUT2D eigenvalue weighted by atomic mass is 19.1. The number of piperazine rings is 1. The van der Waals surface area contributed by atoms with Crippen LogP contribution in [0.4, 0.5) is 10.1 Å². The maximum absolute atomic E-state index is 14.1. The molecule has 160 valence electrons. The summed E-state index contributed by atoms with van der Waals surface area (Å²) in [7, 11) is 3.93. The van der Waals surface area contributed by atoms with Crippen molar-refractivity contribution in [1.82, 2.24) is 19.4 Å². The van der Waals surface area contributed by atoms with Crippen LogP contribution in [0.25, 0.3) is 11.3 Å². The molecule has 1 spiro atoms. The zero-order chi connectivity index (χ0) is 20.9. The van der Waals surface area contributed by atoms with Crippen LogP contribution in [-0.4, -0.2) is 71.7 Å². The predicted octanol–water partition coefficient (Wildman–Crippen LogP) is 2.19. The summed E-state index contributed by atoms with van der Waals surface area (Å²) in [6.45, 7) is 6.18. The molecule has 1 saturated carbocycles. The maximum atomic E-state index is 14.1. The smallest absolute Gasteiger partial charge is 0.250 e. The van der Waals surface area contributed by atoms with E-state index in [1.54, 1.807) is 25.4 Å². The summed E-state index contributed by atoms with van der Waals surface area (Å²) in [5, 5.41) is 0. The second-order valence-electron chi connectivity index (χ2n) is 9.48. The number of halogens is 1. The number of anilines is 1. The van der Waals surface area contributed by atoms with Gasteiger partial charge in [-0.1, -0.05) is 0 Å². The Morgan fingerprint density at radius 2 is 1.90 bits per heavy atom. The molecule has 3 fully saturated rings. The quantitative estimate of drug-likeness (QED) is 0.775. The standard InChI is InChI=1S/C23H30FN5O/c1-26-15-23(16-26)5-3-19(13-23)28-7-9-29(10-8-28)20-12-18(24)14-25-22(20)17-4-6-27(2)21(30)11-17/h4,6,11-12,14,19H,3,5,7-10,13,15-16H2,1-2H3. The molecule has 2 aliphatic heterocycles. The average molecular weight is 412 g/mol. The molecule has 7 heteroatoms. The molecule has 0 bridgehead atoms. The zero-order valence-corrected chi connectivity index (χ0v) is 17.9. The van der Waals surface area contributed by atoms with Crippen molar-refractivity contribution in [3.8, 4) is 11.3 Å². The Bertz CT molecular complexity index is 991. The van der Waals surface area contributed by atoms with E-state index in [-0.39, 0.29) is 11.4 Å². The van der Waals surface area contributed by atoms with Crippen molar-refractivity contribution in [3.05, 3.63) is 46.8 Å². The van der Waals surface area contributed by atoms with Gasteiger partial charge in [-0.15, -0.1) is 0 Å². The summed E-state index contributed by atoms with van der Waals surface area (Å²) in [5.41, 5.74) is 2.68. The highest BCUT2D eigenvalue weighted by molar-refractivity contribution is 5.74. The molecule has 0 aromatic carbocycles. The van der Waals surface area contributed by atoms with Gasteiger partial charge >= 0.3 is 0 Å². The van der Waals surface area contributed by atoms with Gasteiger partial charge in [0, 0.05) is 76.3 Å². The van der Waals surface area contributed by atoms with Crippen LogP contribution in [0, 0.1) is 11.2 Å². The molecule has 1 unspecified atom stereocenters. The lowest BCUT2D eigenvalue weighted by atomic mass is 9.78. The predicted molar refractivity (Wildman–Crippen MR) is 116 cm³/mol. The van der Waals surface area contributed by atoms with Crippen LogP contribution in [-0.2, 0) is 7.05 Å². The lowest BCUT2D eigenvalue weighted by molar-refractivity contribution is 0.0204. The number of rotatable bonds is 3. The van der Waals surface area contributed by atoms with E-state index >= 15 is 0 Å². The van der Waals surface area contributed by atoms with E-state index in [4.69, 9.17) is 0 Å². The van der Waals surface area contributed by atoms with Gasteiger partial charge in [-0.2, -0.15) is 0 Å². The van der Waals surface area contributed by atoms with Gasteiger partial charge in [0.1, 0.15) is 5.82 Å². The molecule has 2 aromatic heterocycles. The molecule has 4 heterocycles. The highest BCUT2D eigenvalue weighted by Crippen LogP contribution is 2.46. The SMILES string of the molecule is CN1CC2(CCC(N3CCN(c4cc(F)cnc4-c4ccn(C)c(=O)c4)CC3)C2)C1. The number of hydrogen-bond acceptors (Lipinski definition) is 5. The van der Waals surface area contributed by atoms with Gasteiger partial charge < -0.3 is 14.4 Å². The second-order valence-corrected chi connectivity index (χ2v) is 9.48. The van der Waals surface area contributed by atoms with E-state index < -0.39 is 0 Å². The third-order valence-corrected chi connectivity index (χ3v) is 7.27. The van der Waals surface area contributed by atoms with Crippen LogP contribution in [0.5, 0.6) is 0 Å². The van der Waals surface area contributed by atoms with Crippen molar-refractivity contribution >= 4 is 5.69 Å². The van der Waals surface area contributed by atoms with E-state index in [9.17, 15) is 9.18 Å². The number of nitrogens with zero attached hydrogens (tertiary/aromatic N) is 5. The van der Waals surface area contributed by atoms with E-state index in [1.165, 1.54) is 43.1 Å². The van der Waals surface area contributed by atoms with Gasteiger partial charge in [-0.25, -0.2) is 4.39 Å². The summed E-state index contributed by atoms with van der Waals surface area (Å²) in [6.07, 6.45) is 6.94. The molecule has 2 aromatic rings. The van der Waals surface area contributed by atoms with Crippen molar-refractivity contribution < 1.29 is 4.39 Å². The van der Waals surface area contributed by atoms with Gasteiger partial charge in [-0.3, -0.25) is 14.7 Å². The van der Waals surface area contributed by atoms with Crippen LogP contribution < -0.4 is 10.5 Å².